The van der Waals surface area contributed by atoms with E-state index in [4.69, 9.17) is 4.98 Å². The van der Waals surface area contributed by atoms with Crippen molar-refractivity contribution in [2.45, 2.75) is 44.6 Å². The maximum atomic E-state index is 4.97. The molecule has 5 heteroatoms. The first kappa shape index (κ1) is 12.8. The van der Waals surface area contributed by atoms with E-state index in [9.17, 15) is 0 Å². The number of fused-ring (bicyclic) bond motifs is 1. The van der Waals surface area contributed by atoms with Gasteiger partial charge in [0.2, 0.25) is 5.95 Å². The van der Waals surface area contributed by atoms with Crippen molar-refractivity contribution in [2.24, 2.45) is 7.05 Å². The second-order valence-corrected chi connectivity index (χ2v) is 6.03. The van der Waals surface area contributed by atoms with Crippen LogP contribution in [-0.4, -0.2) is 26.1 Å². The van der Waals surface area contributed by atoms with Crippen molar-refractivity contribution in [1.82, 2.24) is 19.5 Å². The molecule has 21 heavy (non-hydrogen) atoms. The lowest BCUT2D eigenvalue weighted by atomic mass is 10.0. The maximum Gasteiger partial charge on any atom is 0.225 e. The molecule has 0 aromatic carbocycles. The fourth-order valence-electron chi connectivity index (χ4n) is 3.72. The predicted octanol–water partition coefficient (Wildman–Crippen LogP) is 2.43. The number of rotatable bonds is 2. The van der Waals surface area contributed by atoms with Crippen molar-refractivity contribution in [3.8, 4) is 0 Å². The minimum Gasteiger partial charge on any atom is -0.333 e. The Morgan fingerprint density at radius 3 is 2.71 bits per heavy atom. The SMILES string of the molecule is Cn1c([C@@H]2CCCN2c2ncccn2)nc2c1CCCC2. The highest BCUT2D eigenvalue weighted by atomic mass is 15.3. The molecule has 1 fully saturated rings. The van der Waals surface area contributed by atoms with Crippen LogP contribution in [-0.2, 0) is 19.9 Å². The van der Waals surface area contributed by atoms with Gasteiger partial charge in [-0.25, -0.2) is 15.0 Å². The molecule has 2 aliphatic rings. The summed E-state index contributed by atoms with van der Waals surface area (Å²) in [4.78, 5) is 16.1. The van der Waals surface area contributed by atoms with Crippen molar-refractivity contribution in [3.05, 3.63) is 35.7 Å². The Morgan fingerprint density at radius 2 is 1.90 bits per heavy atom. The normalized spacial score (nSPS) is 21.6. The summed E-state index contributed by atoms with van der Waals surface area (Å²) in [6.45, 7) is 1.02. The van der Waals surface area contributed by atoms with E-state index in [1.165, 1.54) is 42.9 Å². The molecule has 0 saturated carbocycles. The van der Waals surface area contributed by atoms with Crippen molar-refractivity contribution < 1.29 is 0 Å². The summed E-state index contributed by atoms with van der Waals surface area (Å²) in [6.07, 6.45) is 10.8. The second-order valence-electron chi connectivity index (χ2n) is 6.03. The van der Waals surface area contributed by atoms with Gasteiger partial charge in [0, 0.05) is 31.7 Å². The highest BCUT2D eigenvalue weighted by Crippen LogP contribution is 2.35. The first-order valence-electron chi connectivity index (χ1n) is 7.92. The Labute approximate surface area is 125 Å². The van der Waals surface area contributed by atoms with Gasteiger partial charge in [-0.05, 0) is 44.6 Å². The lowest BCUT2D eigenvalue weighted by Crippen LogP contribution is -2.26. The number of imidazole rings is 1. The lowest BCUT2D eigenvalue weighted by molar-refractivity contribution is 0.604. The van der Waals surface area contributed by atoms with E-state index in [1.54, 1.807) is 0 Å². The Kier molecular flexibility index (Phi) is 3.13. The third-order valence-electron chi connectivity index (χ3n) is 4.77. The molecule has 0 amide bonds. The molecule has 0 unspecified atom stereocenters. The maximum absolute atomic E-state index is 4.97. The standard InChI is InChI=1S/C16H21N5/c1-20-13-7-3-2-6-12(13)19-15(20)14-8-4-11-21(14)16-17-9-5-10-18-16/h5,9-10,14H,2-4,6-8,11H2,1H3/t14-/m0/s1. The number of anilines is 1. The van der Waals surface area contributed by atoms with Gasteiger partial charge in [-0.2, -0.15) is 0 Å². The van der Waals surface area contributed by atoms with Crippen LogP contribution in [0.15, 0.2) is 18.5 Å². The van der Waals surface area contributed by atoms with Crippen LogP contribution in [0.4, 0.5) is 5.95 Å². The first-order chi connectivity index (χ1) is 10.3. The number of hydrogen-bond donors (Lipinski definition) is 0. The molecule has 0 radical (unpaired) electrons. The molecule has 3 heterocycles. The van der Waals surface area contributed by atoms with Crippen LogP contribution in [0.1, 0.15) is 48.9 Å². The molecule has 1 aliphatic carbocycles. The Hall–Kier alpha value is -1.91. The van der Waals surface area contributed by atoms with Crippen LogP contribution < -0.4 is 4.90 Å². The zero-order valence-corrected chi connectivity index (χ0v) is 12.5. The number of aryl methyl sites for hydroxylation is 1. The fraction of sp³-hybridized carbons (Fsp3) is 0.562. The van der Waals surface area contributed by atoms with Gasteiger partial charge in [-0.15, -0.1) is 0 Å². The van der Waals surface area contributed by atoms with Crippen molar-refractivity contribution in [3.63, 3.8) is 0 Å². The average Bonchev–Trinajstić information content (AvgIpc) is 3.13. The van der Waals surface area contributed by atoms with Crippen LogP contribution in [0.2, 0.25) is 0 Å². The molecule has 0 N–H and O–H groups in total. The van der Waals surface area contributed by atoms with Crippen LogP contribution >= 0.6 is 0 Å². The van der Waals surface area contributed by atoms with Gasteiger partial charge < -0.3 is 9.47 Å². The molecule has 1 atom stereocenters. The van der Waals surface area contributed by atoms with Gasteiger partial charge >= 0.3 is 0 Å². The molecule has 2 aromatic rings. The van der Waals surface area contributed by atoms with Gasteiger partial charge in [0.15, 0.2) is 0 Å². The summed E-state index contributed by atoms with van der Waals surface area (Å²) >= 11 is 0. The third kappa shape index (κ3) is 2.11. The summed E-state index contributed by atoms with van der Waals surface area (Å²) in [5, 5.41) is 0. The van der Waals surface area contributed by atoms with Gasteiger partial charge in [-0.3, -0.25) is 0 Å². The van der Waals surface area contributed by atoms with E-state index in [0.29, 0.717) is 6.04 Å². The Balaban J connectivity index is 1.71. The van der Waals surface area contributed by atoms with E-state index in [1.807, 2.05) is 18.5 Å². The Morgan fingerprint density at radius 1 is 1.10 bits per heavy atom. The molecule has 110 valence electrons. The van der Waals surface area contributed by atoms with Crippen LogP contribution in [0.3, 0.4) is 0 Å². The van der Waals surface area contributed by atoms with Gasteiger partial charge in [0.25, 0.3) is 0 Å². The molecule has 5 nitrogen and oxygen atoms in total. The smallest absolute Gasteiger partial charge is 0.225 e. The van der Waals surface area contributed by atoms with Gasteiger partial charge in [-0.1, -0.05) is 0 Å². The molecular weight excluding hydrogens is 262 g/mol. The quantitative estimate of drug-likeness (QED) is 0.849. The lowest BCUT2D eigenvalue weighted by Gasteiger charge is -2.24. The topological polar surface area (TPSA) is 46.8 Å². The average molecular weight is 283 g/mol. The minimum atomic E-state index is 0.322. The summed E-state index contributed by atoms with van der Waals surface area (Å²) in [7, 11) is 2.18. The number of hydrogen-bond acceptors (Lipinski definition) is 4. The van der Waals surface area contributed by atoms with Crippen LogP contribution in [0.25, 0.3) is 0 Å². The van der Waals surface area contributed by atoms with Crippen molar-refractivity contribution >= 4 is 5.95 Å². The number of nitrogens with zero attached hydrogens (tertiary/aromatic N) is 5. The highest BCUT2D eigenvalue weighted by Gasteiger charge is 2.32. The van der Waals surface area contributed by atoms with E-state index >= 15 is 0 Å². The van der Waals surface area contributed by atoms with Crippen molar-refractivity contribution in [1.29, 1.82) is 0 Å². The summed E-state index contributed by atoms with van der Waals surface area (Å²) < 4.78 is 2.33. The predicted molar refractivity (Wildman–Crippen MR) is 81.2 cm³/mol. The Bertz CT molecular complexity index is 634. The third-order valence-corrected chi connectivity index (χ3v) is 4.77. The molecule has 1 aliphatic heterocycles. The summed E-state index contributed by atoms with van der Waals surface area (Å²) in [5.41, 5.74) is 2.76. The van der Waals surface area contributed by atoms with Crippen LogP contribution in [0.5, 0.6) is 0 Å². The summed E-state index contributed by atoms with van der Waals surface area (Å²) in [6, 6.07) is 2.19. The molecule has 0 spiro atoms. The monoisotopic (exact) mass is 283 g/mol. The number of aromatic nitrogens is 4. The molecule has 4 rings (SSSR count). The van der Waals surface area contributed by atoms with Gasteiger partial charge in [0.1, 0.15) is 5.82 Å². The largest absolute Gasteiger partial charge is 0.333 e. The van der Waals surface area contributed by atoms with E-state index in [0.717, 1.165) is 25.3 Å². The zero-order chi connectivity index (χ0) is 14.2. The van der Waals surface area contributed by atoms with Crippen LogP contribution in [0, 0.1) is 0 Å². The first-order valence-corrected chi connectivity index (χ1v) is 7.92. The molecule has 2 aromatic heterocycles. The fourth-order valence-corrected chi connectivity index (χ4v) is 3.72. The molecular formula is C16H21N5. The van der Waals surface area contributed by atoms with Gasteiger partial charge in [0.05, 0.1) is 11.7 Å². The van der Waals surface area contributed by atoms with E-state index in [2.05, 4.69) is 26.5 Å². The molecule has 0 bridgehead atoms. The molecule has 1 saturated heterocycles. The minimum absolute atomic E-state index is 0.322. The zero-order valence-electron chi connectivity index (χ0n) is 12.5. The van der Waals surface area contributed by atoms with E-state index < -0.39 is 0 Å². The summed E-state index contributed by atoms with van der Waals surface area (Å²) in [5.74, 6) is 2.04. The van der Waals surface area contributed by atoms with Crippen molar-refractivity contribution in [2.75, 3.05) is 11.4 Å². The van der Waals surface area contributed by atoms with E-state index in [-0.39, 0.29) is 0 Å². The second kappa shape index (κ2) is 5.13. The highest BCUT2D eigenvalue weighted by molar-refractivity contribution is 5.36.